The average molecular weight is 220 g/mol. The van der Waals surface area contributed by atoms with Crippen LogP contribution in [0.3, 0.4) is 0 Å². The van der Waals surface area contributed by atoms with Crippen LogP contribution in [-0.4, -0.2) is 9.97 Å². The van der Waals surface area contributed by atoms with E-state index in [0.717, 1.165) is 27.3 Å². The number of aromatic nitrogens is 2. The summed E-state index contributed by atoms with van der Waals surface area (Å²) in [6.45, 7) is 0. The van der Waals surface area contributed by atoms with Gasteiger partial charge in [0.1, 0.15) is 5.58 Å². The third kappa shape index (κ3) is 1.16. The van der Waals surface area contributed by atoms with E-state index >= 15 is 0 Å². The van der Waals surface area contributed by atoms with Crippen LogP contribution in [0, 0.1) is 0 Å². The molecule has 0 radical (unpaired) electrons. The van der Waals surface area contributed by atoms with Crippen molar-refractivity contribution in [1.82, 2.24) is 9.97 Å². The fourth-order valence-corrected chi connectivity index (χ4v) is 2.15. The van der Waals surface area contributed by atoms with E-state index in [4.69, 9.17) is 4.42 Å². The SMILES string of the molecule is c1ccc2c(c1)oc1nc3ccncc3cc12. The second-order valence-corrected chi connectivity index (χ2v) is 4.01. The Morgan fingerprint density at radius 1 is 1.00 bits per heavy atom. The molecule has 3 heteroatoms. The van der Waals surface area contributed by atoms with Gasteiger partial charge in [0.2, 0.25) is 5.71 Å². The van der Waals surface area contributed by atoms with E-state index in [1.165, 1.54) is 0 Å². The van der Waals surface area contributed by atoms with E-state index < -0.39 is 0 Å². The van der Waals surface area contributed by atoms with Crippen molar-refractivity contribution in [3.05, 3.63) is 48.8 Å². The maximum atomic E-state index is 5.73. The van der Waals surface area contributed by atoms with Crippen LogP contribution in [0.15, 0.2) is 53.2 Å². The summed E-state index contributed by atoms with van der Waals surface area (Å²) in [5, 5.41) is 3.17. The number of fused-ring (bicyclic) bond motifs is 4. The first kappa shape index (κ1) is 8.70. The van der Waals surface area contributed by atoms with Crippen molar-refractivity contribution < 1.29 is 4.42 Å². The lowest BCUT2D eigenvalue weighted by Crippen LogP contribution is -1.80. The molecule has 0 unspecified atom stereocenters. The number of benzene rings is 1. The number of pyridine rings is 2. The summed E-state index contributed by atoms with van der Waals surface area (Å²) < 4.78 is 5.73. The molecule has 3 nitrogen and oxygen atoms in total. The quantitative estimate of drug-likeness (QED) is 0.455. The molecule has 1 aromatic carbocycles. The molecule has 0 saturated carbocycles. The molecule has 0 N–H and O–H groups in total. The third-order valence-corrected chi connectivity index (χ3v) is 2.96. The molecule has 4 aromatic rings. The number of furan rings is 1. The van der Waals surface area contributed by atoms with Gasteiger partial charge in [-0.05, 0) is 18.2 Å². The van der Waals surface area contributed by atoms with Gasteiger partial charge in [-0.2, -0.15) is 0 Å². The minimum absolute atomic E-state index is 0.685. The monoisotopic (exact) mass is 220 g/mol. The minimum Gasteiger partial charge on any atom is -0.438 e. The predicted molar refractivity (Wildman–Crippen MR) is 66.8 cm³/mol. The summed E-state index contributed by atoms with van der Waals surface area (Å²) in [5.74, 6) is 0. The molecule has 0 aliphatic carbocycles. The van der Waals surface area contributed by atoms with Crippen LogP contribution in [0.1, 0.15) is 0 Å². The van der Waals surface area contributed by atoms with E-state index in [0.29, 0.717) is 5.71 Å². The average Bonchev–Trinajstić information content (AvgIpc) is 2.73. The zero-order chi connectivity index (χ0) is 11.2. The van der Waals surface area contributed by atoms with Crippen molar-refractivity contribution in [2.24, 2.45) is 0 Å². The predicted octanol–water partition coefficient (Wildman–Crippen LogP) is 3.53. The Balaban J connectivity index is 2.28. The molecule has 0 aliphatic rings. The van der Waals surface area contributed by atoms with Crippen LogP contribution in [-0.2, 0) is 0 Å². The molecule has 80 valence electrons. The highest BCUT2D eigenvalue weighted by molar-refractivity contribution is 6.07. The van der Waals surface area contributed by atoms with Crippen LogP contribution in [0.5, 0.6) is 0 Å². The van der Waals surface area contributed by atoms with Crippen molar-refractivity contribution >= 4 is 33.0 Å². The topological polar surface area (TPSA) is 38.9 Å². The summed E-state index contributed by atoms with van der Waals surface area (Å²) in [6.07, 6.45) is 3.56. The molecular weight excluding hydrogens is 212 g/mol. The van der Waals surface area contributed by atoms with Gasteiger partial charge in [0.25, 0.3) is 0 Å². The maximum absolute atomic E-state index is 5.73. The molecule has 3 aromatic heterocycles. The largest absolute Gasteiger partial charge is 0.438 e. The Morgan fingerprint density at radius 2 is 1.94 bits per heavy atom. The van der Waals surface area contributed by atoms with Gasteiger partial charge in [0.05, 0.1) is 5.52 Å². The zero-order valence-electron chi connectivity index (χ0n) is 8.92. The van der Waals surface area contributed by atoms with E-state index in [9.17, 15) is 0 Å². The third-order valence-electron chi connectivity index (χ3n) is 2.96. The van der Waals surface area contributed by atoms with Gasteiger partial charge < -0.3 is 4.42 Å². The first-order valence-corrected chi connectivity index (χ1v) is 5.44. The lowest BCUT2D eigenvalue weighted by Gasteiger charge is -1.95. The minimum atomic E-state index is 0.685. The zero-order valence-corrected chi connectivity index (χ0v) is 8.92. The van der Waals surface area contributed by atoms with Crippen LogP contribution >= 0.6 is 0 Å². The van der Waals surface area contributed by atoms with Crippen molar-refractivity contribution in [3.8, 4) is 0 Å². The van der Waals surface area contributed by atoms with Crippen LogP contribution in [0.25, 0.3) is 33.0 Å². The van der Waals surface area contributed by atoms with Gasteiger partial charge in [-0.3, -0.25) is 4.98 Å². The van der Waals surface area contributed by atoms with E-state index in [1.54, 1.807) is 6.20 Å². The second kappa shape index (κ2) is 3.04. The number of para-hydroxylation sites is 1. The van der Waals surface area contributed by atoms with Crippen LogP contribution in [0.2, 0.25) is 0 Å². The van der Waals surface area contributed by atoms with Gasteiger partial charge in [-0.25, -0.2) is 4.98 Å². The van der Waals surface area contributed by atoms with Gasteiger partial charge in [0.15, 0.2) is 0 Å². The first-order valence-electron chi connectivity index (χ1n) is 5.44. The molecule has 0 atom stereocenters. The van der Waals surface area contributed by atoms with Crippen molar-refractivity contribution in [3.63, 3.8) is 0 Å². The molecule has 0 aliphatic heterocycles. The lowest BCUT2D eigenvalue weighted by molar-refractivity contribution is 0.656. The Labute approximate surface area is 96.7 Å². The summed E-state index contributed by atoms with van der Waals surface area (Å²) in [5.41, 5.74) is 2.47. The lowest BCUT2D eigenvalue weighted by atomic mass is 10.1. The fraction of sp³-hybridized carbons (Fsp3) is 0. The smallest absolute Gasteiger partial charge is 0.227 e. The summed E-state index contributed by atoms with van der Waals surface area (Å²) in [6, 6.07) is 11.9. The van der Waals surface area contributed by atoms with E-state index in [2.05, 4.69) is 16.0 Å². The Kier molecular flexibility index (Phi) is 1.56. The molecule has 0 amide bonds. The van der Waals surface area contributed by atoms with Crippen LogP contribution < -0.4 is 0 Å². The summed E-state index contributed by atoms with van der Waals surface area (Å²) >= 11 is 0. The van der Waals surface area contributed by atoms with Gasteiger partial charge in [0, 0.05) is 28.6 Å². The molecule has 0 fully saturated rings. The first-order chi connectivity index (χ1) is 8.42. The molecule has 3 heterocycles. The van der Waals surface area contributed by atoms with E-state index in [-0.39, 0.29) is 0 Å². The Hall–Kier alpha value is -2.42. The summed E-state index contributed by atoms with van der Waals surface area (Å²) in [7, 11) is 0. The number of hydrogen-bond acceptors (Lipinski definition) is 3. The highest BCUT2D eigenvalue weighted by atomic mass is 16.3. The van der Waals surface area contributed by atoms with Crippen molar-refractivity contribution in [2.75, 3.05) is 0 Å². The Bertz CT molecular complexity index is 842. The fourth-order valence-electron chi connectivity index (χ4n) is 2.15. The van der Waals surface area contributed by atoms with Gasteiger partial charge in [-0.15, -0.1) is 0 Å². The van der Waals surface area contributed by atoms with Gasteiger partial charge >= 0.3 is 0 Å². The van der Waals surface area contributed by atoms with Crippen LogP contribution in [0.4, 0.5) is 0 Å². The number of rotatable bonds is 0. The second-order valence-electron chi connectivity index (χ2n) is 4.01. The normalized spacial score (nSPS) is 11.5. The highest BCUT2D eigenvalue weighted by Gasteiger charge is 2.08. The standard InChI is InChI=1S/C14H8N2O/c1-2-4-13-10(3-1)11-7-9-8-15-6-5-12(9)16-14(11)17-13/h1-8H. The number of hydrogen-bond donors (Lipinski definition) is 0. The summed E-state index contributed by atoms with van der Waals surface area (Å²) in [4.78, 5) is 8.62. The molecule has 0 saturated heterocycles. The van der Waals surface area contributed by atoms with Gasteiger partial charge in [-0.1, -0.05) is 18.2 Å². The Morgan fingerprint density at radius 3 is 2.94 bits per heavy atom. The molecule has 4 rings (SSSR count). The van der Waals surface area contributed by atoms with Crippen molar-refractivity contribution in [1.29, 1.82) is 0 Å². The molecule has 0 spiro atoms. The molecular formula is C14H8N2O. The van der Waals surface area contributed by atoms with E-state index in [1.807, 2.05) is 36.5 Å². The van der Waals surface area contributed by atoms with Crippen molar-refractivity contribution in [2.45, 2.75) is 0 Å². The number of nitrogens with zero attached hydrogens (tertiary/aromatic N) is 2. The molecule has 0 bridgehead atoms. The maximum Gasteiger partial charge on any atom is 0.227 e. The molecule has 17 heavy (non-hydrogen) atoms. The highest BCUT2D eigenvalue weighted by Crippen LogP contribution is 2.29.